The molecule has 1 aromatic heterocycles. The van der Waals surface area contributed by atoms with Crippen molar-refractivity contribution >= 4 is 23.4 Å². The van der Waals surface area contributed by atoms with Crippen molar-refractivity contribution in [3.63, 3.8) is 0 Å². The number of hydrogen-bond donors (Lipinski definition) is 1. The molecule has 2 atom stereocenters. The normalized spacial score (nSPS) is 17.7. The highest BCUT2D eigenvalue weighted by atomic mass is 35.5. The molecule has 0 aliphatic heterocycles. The molecular formula is C14H18ClN5S. The van der Waals surface area contributed by atoms with Crippen LogP contribution in [-0.4, -0.2) is 26.2 Å². The first-order valence-electron chi connectivity index (χ1n) is 7.14. The van der Waals surface area contributed by atoms with Crippen LogP contribution in [-0.2, 0) is 0 Å². The molecule has 1 aliphatic carbocycles. The molecule has 0 saturated heterocycles. The molecular weight excluding hydrogens is 306 g/mol. The first kappa shape index (κ1) is 14.8. The Morgan fingerprint density at radius 3 is 2.71 bits per heavy atom. The molecule has 2 N–H and O–H groups in total. The molecule has 21 heavy (non-hydrogen) atoms. The molecule has 3 rings (SSSR count). The highest BCUT2D eigenvalue weighted by molar-refractivity contribution is 7.99. The Hall–Kier alpha value is -1.11. The van der Waals surface area contributed by atoms with Gasteiger partial charge in [-0.3, -0.25) is 0 Å². The molecule has 2 aromatic rings. The van der Waals surface area contributed by atoms with Crippen LogP contribution in [0.25, 0.3) is 0 Å². The number of aromatic nitrogens is 4. The van der Waals surface area contributed by atoms with Crippen molar-refractivity contribution in [2.24, 2.45) is 5.73 Å². The zero-order valence-corrected chi connectivity index (χ0v) is 13.4. The second-order valence-corrected chi connectivity index (χ2v) is 6.84. The SMILES string of the molecule is CCC(N)C(Sc1nnnn1C1CC1)c1ccc(Cl)cc1. The Morgan fingerprint density at radius 1 is 1.38 bits per heavy atom. The second kappa shape index (κ2) is 6.34. The quantitative estimate of drug-likeness (QED) is 0.826. The van der Waals surface area contributed by atoms with Gasteiger partial charge >= 0.3 is 0 Å². The molecule has 0 bridgehead atoms. The number of nitrogens with two attached hydrogens (primary N) is 1. The Kier molecular flexibility index (Phi) is 4.47. The van der Waals surface area contributed by atoms with Crippen LogP contribution in [0.1, 0.15) is 43.0 Å². The monoisotopic (exact) mass is 323 g/mol. The van der Waals surface area contributed by atoms with Crippen LogP contribution < -0.4 is 5.73 Å². The van der Waals surface area contributed by atoms with Crippen LogP contribution in [0.4, 0.5) is 0 Å². The van der Waals surface area contributed by atoms with Gasteiger partial charge in [-0.25, -0.2) is 4.68 Å². The Labute approximate surface area is 133 Å². The third kappa shape index (κ3) is 3.39. The molecule has 1 fully saturated rings. The van der Waals surface area contributed by atoms with Gasteiger partial charge < -0.3 is 5.73 Å². The minimum atomic E-state index is 0.0422. The van der Waals surface area contributed by atoms with E-state index in [-0.39, 0.29) is 11.3 Å². The fourth-order valence-corrected chi connectivity index (χ4v) is 3.58. The van der Waals surface area contributed by atoms with E-state index in [2.05, 4.69) is 22.4 Å². The molecule has 1 aliphatic rings. The van der Waals surface area contributed by atoms with E-state index in [0.717, 1.165) is 35.0 Å². The van der Waals surface area contributed by atoms with Gasteiger partial charge in [-0.05, 0) is 47.4 Å². The number of thioether (sulfide) groups is 1. The van der Waals surface area contributed by atoms with Crippen LogP contribution in [0.5, 0.6) is 0 Å². The largest absolute Gasteiger partial charge is 0.326 e. The van der Waals surface area contributed by atoms with Crippen molar-refractivity contribution in [3.05, 3.63) is 34.9 Å². The van der Waals surface area contributed by atoms with Gasteiger partial charge in [-0.2, -0.15) is 0 Å². The lowest BCUT2D eigenvalue weighted by Gasteiger charge is -2.22. The van der Waals surface area contributed by atoms with Gasteiger partial charge in [0, 0.05) is 11.1 Å². The van der Waals surface area contributed by atoms with Gasteiger partial charge in [0.15, 0.2) is 0 Å². The van der Waals surface area contributed by atoms with E-state index < -0.39 is 0 Å². The third-order valence-electron chi connectivity index (χ3n) is 3.65. The van der Waals surface area contributed by atoms with Crippen molar-refractivity contribution in [1.29, 1.82) is 0 Å². The van der Waals surface area contributed by atoms with Gasteiger partial charge in [0.1, 0.15) is 0 Å². The Bertz CT molecular complexity index is 596. The lowest BCUT2D eigenvalue weighted by Crippen LogP contribution is -2.26. The van der Waals surface area contributed by atoms with Gasteiger partial charge in [0.25, 0.3) is 0 Å². The molecule has 2 unspecified atom stereocenters. The highest BCUT2D eigenvalue weighted by Gasteiger charge is 2.30. The molecule has 0 amide bonds. The maximum absolute atomic E-state index is 6.31. The fraction of sp³-hybridized carbons (Fsp3) is 0.500. The second-order valence-electron chi connectivity index (χ2n) is 5.30. The summed E-state index contributed by atoms with van der Waals surface area (Å²) in [6.45, 7) is 2.10. The number of tetrazole rings is 1. The molecule has 1 aromatic carbocycles. The van der Waals surface area contributed by atoms with Crippen molar-refractivity contribution in [1.82, 2.24) is 20.2 Å². The van der Waals surface area contributed by atoms with Crippen LogP contribution in [0.3, 0.4) is 0 Å². The summed E-state index contributed by atoms with van der Waals surface area (Å²) in [6.07, 6.45) is 3.21. The summed E-state index contributed by atoms with van der Waals surface area (Å²) in [6, 6.07) is 8.36. The predicted molar refractivity (Wildman–Crippen MR) is 84.4 cm³/mol. The summed E-state index contributed by atoms with van der Waals surface area (Å²) in [5.74, 6) is 0. The van der Waals surface area contributed by atoms with Crippen LogP contribution >= 0.6 is 23.4 Å². The van der Waals surface area contributed by atoms with E-state index in [0.29, 0.717) is 6.04 Å². The number of hydrogen-bond acceptors (Lipinski definition) is 5. The van der Waals surface area contributed by atoms with E-state index in [9.17, 15) is 0 Å². The molecule has 5 nitrogen and oxygen atoms in total. The molecule has 0 spiro atoms. The lowest BCUT2D eigenvalue weighted by atomic mass is 10.0. The first-order valence-corrected chi connectivity index (χ1v) is 8.40. The van der Waals surface area contributed by atoms with Gasteiger partial charge in [0.2, 0.25) is 5.16 Å². The van der Waals surface area contributed by atoms with Crippen LogP contribution in [0.15, 0.2) is 29.4 Å². The average Bonchev–Trinajstić information content (AvgIpc) is 3.24. The fourth-order valence-electron chi connectivity index (χ4n) is 2.19. The first-order chi connectivity index (χ1) is 10.2. The minimum absolute atomic E-state index is 0.0422. The molecule has 7 heteroatoms. The maximum atomic E-state index is 6.31. The number of nitrogens with zero attached hydrogens (tertiary/aromatic N) is 4. The summed E-state index contributed by atoms with van der Waals surface area (Å²) in [7, 11) is 0. The van der Waals surface area contributed by atoms with Gasteiger partial charge in [-0.1, -0.05) is 42.4 Å². The Balaban J connectivity index is 1.85. The maximum Gasteiger partial charge on any atom is 0.210 e. The Morgan fingerprint density at radius 2 is 2.10 bits per heavy atom. The minimum Gasteiger partial charge on any atom is -0.326 e. The zero-order valence-electron chi connectivity index (χ0n) is 11.8. The molecule has 112 valence electrons. The van der Waals surface area contributed by atoms with E-state index >= 15 is 0 Å². The van der Waals surface area contributed by atoms with E-state index in [1.807, 2.05) is 28.9 Å². The molecule has 1 heterocycles. The zero-order chi connectivity index (χ0) is 14.8. The van der Waals surface area contributed by atoms with E-state index in [1.165, 1.54) is 0 Å². The van der Waals surface area contributed by atoms with E-state index in [4.69, 9.17) is 17.3 Å². The number of benzene rings is 1. The van der Waals surface area contributed by atoms with Crippen LogP contribution in [0, 0.1) is 0 Å². The smallest absolute Gasteiger partial charge is 0.210 e. The van der Waals surface area contributed by atoms with Gasteiger partial charge in [0.05, 0.1) is 11.3 Å². The van der Waals surface area contributed by atoms with Crippen LogP contribution in [0.2, 0.25) is 5.02 Å². The predicted octanol–water partition coefficient (Wildman–Crippen LogP) is 3.23. The standard InChI is InChI=1S/C14H18ClN5S/c1-2-12(16)13(9-3-5-10(15)6-4-9)21-14-17-18-19-20(14)11-7-8-11/h3-6,11-13H,2,7-8,16H2,1H3. The van der Waals surface area contributed by atoms with Crippen molar-refractivity contribution in [2.45, 2.75) is 48.7 Å². The van der Waals surface area contributed by atoms with Crippen molar-refractivity contribution in [2.75, 3.05) is 0 Å². The summed E-state index contributed by atoms with van der Waals surface area (Å²) < 4.78 is 1.93. The molecule has 0 radical (unpaired) electrons. The summed E-state index contributed by atoms with van der Waals surface area (Å²) in [5.41, 5.74) is 7.47. The summed E-state index contributed by atoms with van der Waals surface area (Å²) >= 11 is 7.61. The average molecular weight is 324 g/mol. The number of rotatable bonds is 6. The lowest BCUT2D eigenvalue weighted by molar-refractivity contribution is 0.561. The summed E-state index contributed by atoms with van der Waals surface area (Å²) in [5, 5.41) is 13.8. The number of halogens is 1. The molecule has 1 saturated carbocycles. The third-order valence-corrected chi connectivity index (χ3v) is 5.25. The van der Waals surface area contributed by atoms with Gasteiger partial charge in [-0.15, -0.1) is 5.10 Å². The summed E-state index contributed by atoms with van der Waals surface area (Å²) in [4.78, 5) is 0. The topological polar surface area (TPSA) is 69.6 Å². The highest BCUT2D eigenvalue weighted by Crippen LogP contribution is 2.41. The van der Waals surface area contributed by atoms with E-state index in [1.54, 1.807) is 11.8 Å². The van der Waals surface area contributed by atoms with Crippen molar-refractivity contribution in [3.8, 4) is 0 Å². The van der Waals surface area contributed by atoms with Crippen molar-refractivity contribution < 1.29 is 0 Å².